The number of aliphatic hydroxyl groups excluding tert-OH is 1. The Morgan fingerprint density at radius 3 is 2.82 bits per heavy atom. The van der Waals surface area contributed by atoms with Gasteiger partial charge in [-0.05, 0) is 37.8 Å². The Labute approximate surface area is 129 Å². The predicted octanol–water partition coefficient (Wildman–Crippen LogP) is 2.25. The van der Waals surface area contributed by atoms with E-state index in [-0.39, 0.29) is 11.9 Å². The highest BCUT2D eigenvalue weighted by Crippen LogP contribution is 2.40. The average Bonchev–Trinajstić information content (AvgIpc) is 3.30. The molecular formula is C17H21N3O2. The molecular weight excluding hydrogens is 278 g/mol. The Morgan fingerprint density at radius 1 is 1.23 bits per heavy atom. The second-order valence-corrected chi connectivity index (χ2v) is 6.48. The van der Waals surface area contributed by atoms with Crippen molar-refractivity contribution in [2.75, 3.05) is 0 Å². The van der Waals surface area contributed by atoms with Crippen LogP contribution in [0.5, 0.6) is 0 Å². The summed E-state index contributed by atoms with van der Waals surface area (Å²) in [6.45, 7) is 0. The predicted molar refractivity (Wildman–Crippen MR) is 82.9 cm³/mol. The molecule has 5 nitrogen and oxygen atoms in total. The maximum absolute atomic E-state index is 12.6. The molecule has 4 rings (SSSR count). The summed E-state index contributed by atoms with van der Waals surface area (Å²) >= 11 is 0. The Balaban J connectivity index is 1.64. The Kier molecular flexibility index (Phi) is 3.37. The van der Waals surface area contributed by atoms with Crippen LogP contribution in [0, 0.1) is 0 Å². The van der Waals surface area contributed by atoms with E-state index in [1.165, 1.54) is 0 Å². The quantitative estimate of drug-likeness (QED) is 0.913. The lowest BCUT2D eigenvalue weighted by Crippen LogP contribution is -2.45. The highest BCUT2D eigenvalue weighted by atomic mass is 16.3. The molecule has 2 unspecified atom stereocenters. The molecule has 2 aliphatic rings. The zero-order chi connectivity index (χ0) is 15.1. The number of rotatable bonds is 3. The van der Waals surface area contributed by atoms with Crippen molar-refractivity contribution in [3.8, 4) is 0 Å². The van der Waals surface area contributed by atoms with Gasteiger partial charge in [0, 0.05) is 12.1 Å². The number of fused-ring (bicyclic) bond motifs is 1. The smallest absolute Gasteiger partial charge is 0.272 e. The lowest BCUT2D eigenvalue weighted by atomic mass is 9.92. The van der Waals surface area contributed by atoms with Gasteiger partial charge in [-0.25, -0.2) is 4.98 Å². The molecule has 2 aliphatic carbocycles. The molecule has 0 aliphatic heterocycles. The molecule has 2 N–H and O–H groups in total. The summed E-state index contributed by atoms with van der Waals surface area (Å²) in [5, 5.41) is 13.0. The van der Waals surface area contributed by atoms with Gasteiger partial charge in [0.2, 0.25) is 0 Å². The topological polar surface area (TPSA) is 66.6 Å². The van der Waals surface area contributed by atoms with Gasteiger partial charge in [-0.1, -0.05) is 18.9 Å². The van der Waals surface area contributed by atoms with Crippen LogP contribution in [-0.4, -0.2) is 32.5 Å². The molecule has 2 aromatic heterocycles. The molecule has 5 heteroatoms. The number of hydrogen-bond donors (Lipinski definition) is 2. The number of aliphatic hydroxyl groups is 1. The number of nitrogens with one attached hydrogen (secondary N) is 1. The number of aromatic nitrogens is 2. The van der Waals surface area contributed by atoms with Crippen LogP contribution >= 0.6 is 0 Å². The molecule has 22 heavy (non-hydrogen) atoms. The summed E-state index contributed by atoms with van der Waals surface area (Å²) in [6.07, 6.45) is 7.53. The first-order valence-electron chi connectivity index (χ1n) is 8.20. The normalized spacial score (nSPS) is 25.3. The molecule has 2 saturated carbocycles. The zero-order valence-corrected chi connectivity index (χ0v) is 12.5. The SMILES string of the molecule is O=C(NC1CCCCC1O)c1nc(C2CC2)n2ccccc12. The molecule has 116 valence electrons. The van der Waals surface area contributed by atoms with Crippen LogP contribution in [0.1, 0.15) is 60.8 Å². The van der Waals surface area contributed by atoms with Gasteiger partial charge in [0.15, 0.2) is 5.69 Å². The Hall–Kier alpha value is -1.88. The van der Waals surface area contributed by atoms with E-state index in [9.17, 15) is 9.90 Å². The fourth-order valence-electron chi connectivity index (χ4n) is 3.37. The van der Waals surface area contributed by atoms with Crippen LogP contribution in [-0.2, 0) is 0 Å². The Bertz CT molecular complexity index is 705. The molecule has 0 bridgehead atoms. The highest BCUT2D eigenvalue weighted by molar-refractivity contribution is 5.99. The number of nitrogens with zero attached hydrogens (tertiary/aromatic N) is 2. The number of hydrogen-bond acceptors (Lipinski definition) is 3. The van der Waals surface area contributed by atoms with Gasteiger partial charge in [-0.3, -0.25) is 4.79 Å². The molecule has 1 amide bonds. The van der Waals surface area contributed by atoms with Crippen molar-refractivity contribution in [3.63, 3.8) is 0 Å². The number of carbonyl (C=O) groups is 1. The van der Waals surface area contributed by atoms with E-state index in [1.54, 1.807) is 0 Å². The number of carbonyl (C=O) groups excluding carboxylic acids is 1. The van der Waals surface area contributed by atoms with E-state index >= 15 is 0 Å². The summed E-state index contributed by atoms with van der Waals surface area (Å²) in [6, 6.07) is 5.68. The monoisotopic (exact) mass is 299 g/mol. The van der Waals surface area contributed by atoms with E-state index in [4.69, 9.17) is 0 Å². The third kappa shape index (κ3) is 2.39. The van der Waals surface area contributed by atoms with E-state index in [1.807, 2.05) is 28.8 Å². The molecule has 2 fully saturated rings. The minimum Gasteiger partial charge on any atom is -0.391 e. The highest BCUT2D eigenvalue weighted by Gasteiger charge is 2.31. The molecule has 2 aromatic rings. The van der Waals surface area contributed by atoms with E-state index in [2.05, 4.69) is 10.3 Å². The molecule has 2 heterocycles. The number of amides is 1. The van der Waals surface area contributed by atoms with Crippen molar-refractivity contribution in [2.24, 2.45) is 0 Å². The Morgan fingerprint density at radius 2 is 2.05 bits per heavy atom. The summed E-state index contributed by atoms with van der Waals surface area (Å²) in [7, 11) is 0. The fourth-order valence-corrected chi connectivity index (χ4v) is 3.37. The second-order valence-electron chi connectivity index (χ2n) is 6.48. The van der Waals surface area contributed by atoms with Crippen LogP contribution in [0.25, 0.3) is 5.52 Å². The van der Waals surface area contributed by atoms with Crippen molar-refractivity contribution >= 4 is 11.4 Å². The van der Waals surface area contributed by atoms with Crippen LogP contribution in [0.3, 0.4) is 0 Å². The summed E-state index contributed by atoms with van der Waals surface area (Å²) in [5.41, 5.74) is 1.34. The van der Waals surface area contributed by atoms with Crippen molar-refractivity contribution in [1.29, 1.82) is 0 Å². The number of imidazole rings is 1. The molecule has 0 spiro atoms. The minimum atomic E-state index is -0.436. The zero-order valence-electron chi connectivity index (χ0n) is 12.5. The first-order valence-corrected chi connectivity index (χ1v) is 8.20. The van der Waals surface area contributed by atoms with E-state index in [0.29, 0.717) is 11.6 Å². The summed E-state index contributed by atoms with van der Waals surface area (Å²) < 4.78 is 2.03. The molecule has 0 saturated heterocycles. The van der Waals surface area contributed by atoms with Gasteiger partial charge in [0.05, 0.1) is 17.7 Å². The lowest BCUT2D eigenvalue weighted by molar-refractivity contribution is 0.0715. The van der Waals surface area contributed by atoms with Crippen molar-refractivity contribution in [2.45, 2.75) is 56.6 Å². The van der Waals surface area contributed by atoms with Crippen molar-refractivity contribution in [3.05, 3.63) is 35.9 Å². The maximum atomic E-state index is 12.6. The molecule has 0 aromatic carbocycles. The largest absolute Gasteiger partial charge is 0.391 e. The van der Waals surface area contributed by atoms with E-state index < -0.39 is 6.10 Å². The van der Waals surface area contributed by atoms with Gasteiger partial charge in [0.1, 0.15) is 5.82 Å². The minimum absolute atomic E-state index is 0.147. The number of pyridine rings is 1. The first kappa shape index (κ1) is 13.8. The standard InChI is InChI=1S/C17H21N3O2/c21-14-7-2-1-5-12(14)18-17(22)15-13-6-3-4-10-20(13)16(19-15)11-8-9-11/h3-4,6,10-12,14,21H,1-2,5,7-9H2,(H,18,22). The van der Waals surface area contributed by atoms with Crippen molar-refractivity contribution in [1.82, 2.24) is 14.7 Å². The van der Waals surface area contributed by atoms with Gasteiger partial charge < -0.3 is 14.8 Å². The van der Waals surface area contributed by atoms with Gasteiger partial charge in [-0.2, -0.15) is 0 Å². The van der Waals surface area contributed by atoms with Crippen LogP contribution in [0.15, 0.2) is 24.4 Å². The molecule has 2 atom stereocenters. The van der Waals surface area contributed by atoms with Gasteiger partial charge >= 0.3 is 0 Å². The molecule has 0 radical (unpaired) electrons. The van der Waals surface area contributed by atoms with Gasteiger partial charge in [-0.15, -0.1) is 0 Å². The average molecular weight is 299 g/mol. The third-order valence-corrected chi connectivity index (χ3v) is 4.78. The summed E-state index contributed by atoms with van der Waals surface area (Å²) in [4.78, 5) is 17.2. The summed E-state index contributed by atoms with van der Waals surface area (Å²) in [5.74, 6) is 1.31. The van der Waals surface area contributed by atoms with Crippen LogP contribution < -0.4 is 5.32 Å². The van der Waals surface area contributed by atoms with Crippen LogP contribution in [0.2, 0.25) is 0 Å². The fraction of sp³-hybridized carbons (Fsp3) is 0.529. The van der Waals surface area contributed by atoms with Gasteiger partial charge in [0.25, 0.3) is 5.91 Å². The van der Waals surface area contributed by atoms with Crippen molar-refractivity contribution < 1.29 is 9.90 Å². The van der Waals surface area contributed by atoms with E-state index in [0.717, 1.165) is 49.9 Å². The second kappa shape index (κ2) is 5.39. The lowest BCUT2D eigenvalue weighted by Gasteiger charge is -2.28. The van der Waals surface area contributed by atoms with Crippen LogP contribution in [0.4, 0.5) is 0 Å². The first-order chi connectivity index (χ1) is 10.7. The maximum Gasteiger partial charge on any atom is 0.272 e. The third-order valence-electron chi connectivity index (χ3n) is 4.78.